The lowest BCUT2D eigenvalue weighted by atomic mass is 10.1. The molecule has 106 valence electrons. The Kier molecular flexibility index (Phi) is 7.63. The second-order valence-corrected chi connectivity index (χ2v) is 4.92. The van der Waals surface area contributed by atoms with Crippen molar-refractivity contribution in [2.45, 2.75) is 19.3 Å². The Morgan fingerprint density at radius 3 is 2.74 bits per heavy atom. The Bertz CT molecular complexity index is 399. The summed E-state index contributed by atoms with van der Waals surface area (Å²) in [6.07, 6.45) is 6.82. The molecule has 0 aromatic rings. The van der Waals surface area contributed by atoms with Gasteiger partial charge in [0.2, 0.25) is 5.78 Å². The zero-order chi connectivity index (χ0) is 14.1. The molecule has 0 saturated heterocycles. The van der Waals surface area contributed by atoms with Crippen LogP contribution in [0.4, 0.5) is 0 Å². The summed E-state index contributed by atoms with van der Waals surface area (Å²) in [5, 5.41) is 0. The highest BCUT2D eigenvalue weighted by Crippen LogP contribution is 2.18. The zero-order valence-corrected chi connectivity index (χ0v) is 12.0. The molecule has 0 atom stereocenters. The number of ketones is 1. The van der Waals surface area contributed by atoms with Gasteiger partial charge < -0.3 is 15.2 Å². The fourth-order valence-electron chi connectivity index (χ4n) is 1.44. The third-order valence-corrected chi connectivity index (χ3v) is 2.70. The zero-order valence-electron chi connectivity index (χ0n) is 10.5. The average molecular weight is 306 g/mol. The fourth-order valence-corrected chi connectivity index (χ4v) is 1.56. The summed E-state index contributed by atoms with van der Waals surface area (Å²) in [5.41, 5.74) is 5.38. The molecule has 1 rings (SSSR count). The molecule has 0 unspecified atom stereocenters. The first-order valence-corrected chi connectivity index (χ1v) is 6.80. The third kappa shape index (κ3) is 6.66. The maximum absolute atomic E-state index is 11.7. The number of rotatable bonds is 8. The molecule has 0 aromatic carbocycles. The maximum Gasteiger partial charge on any atom is 0.204 e. The van der Waals surface area contributed by atoms with Crippen LogP contribution in [0.15, 0.2) is 34.2 Å². The van der Waals surface area contributed by atoms with Crippen LogP contribution in [0.2, 0.25) is 0 Å². The lowest BCUT2D eigenvalue weighted by Crippen LogP contribution is -2.13. The van der Waals surface area contributed by atoms with Crippen LogP contribution in [0.3, 0.4) is 0 Å². The van der Waals surface area contributed by atoms with Crippen molar-refractivity contribution in [2.24, 2.45) is 5.73 Å². The molecule has 0 aliphatic heterocycles. The molecule has 19 heavy (non-hydrogen) atoms. The van der Waals surface area contributed by atoms with Gasteiger partial charge in [-0.25, -0.2) is 0 Å². The first kappa shape index (κ1) is 16.1. The van der Waals surface area contributed by atoms with E-state index >= 15 is 0 Å². The quantitative estimate of drug-likeness (QED) is 0.701. The predicted molar refractivity (Wildman–Crippen MR) is 75.8 cm³/mol. The fraction of sp³-hybridized carbons (Fsp3) is 0.462. The third-order valence-electron chi connectivity index (χ3n) is 2.39. The molecule has 4 nitrogen and oxygen atoms in total. The number of carbonyl (C=O) groups is 1. The van der Waals surface area contributed by atoms with E-state index in [0.717, 1.165) is 12.8 Å². The van der Waals surface area contributed by atoms with Crippen molar-refractivity contribution in [3.05, 3.63) is 34.2 Å². The molecule has 1 aliphatic carbocycles. The van der Waals surface area contributed by atoms with Crippen LogP contribution in [-0.2, 0) is 14.3 Å². The molecule has 0 aromatic heterocycles. The van der Waals surface area contributed by atoms with E-state index in [2.05, 4.69) is 0 Å². The van der Waals surface area contributed by atoms with Crippen LogP contribution in [-0.4, -0.2) is 25.5 Å². The van der Waals surface area contributed by atoms with Crippen molar-refractivity contribution in [1.29, 1.82) is 0 Å². The molecular weight excluding hydrogens is 289 g/mol. The van der Waals surface area contributed by atoms with Crippen molar-refractivity contribution in [1.82, 2.24) is 0 Å². The summed E-state index contributed by atoms with van der Waals surface area (Å²) in [4.78, 5) is 11.7. The van der Waals surface area contributed by atoms with E-state index in [1.54, 1.807) is 12.2 Å². The summed E-state index contributed by atoms with van der Waals surface area (Å²) in [6.45, 7) is 1.39. The Labute approximate surface area is 122 Å². The van der Waals surface area contributed by atoms with Gasteiger partial charge in [0.25, 0.3) is 0 Å². The van der Waals surface area contributed by atoms with Gasteiger partial charge in [-0.2, -0.15) is 0 Å². The van der Waals surface area contributed by atoms with Crippen molar-refractivity contribution < 1.29 is 14.3 Å². The van der Waals surface area contributed by atoms with Crippen LogP contribution >= 0.6 is 23.2 Å². The second kappa shape index (κ2) is 9.02. The summed E-state index contributed by atoms with van der Waals surface area (Å²) >= 11 is 10.9. The summed E-state index contributed by atoms with van der Waals surface area (Å²) in [7, 11) is 0. The van der Waals surface area contributed by atoms with Crippen LogP contribution in [0.25, 0.3) is 0 Å². The molecule has 0 heterocycles. The standard InChI is InChI=1S/C13H17Cl2NO3/c14-13(15)5-8-19-12-4-3-10(9-11(12)17)18-7-2-1-6-16/h3-5H,1-2,6-9,16H2. The normalized spacial score (nSPS) is 14.6. The van der Waals surface area contributed by atoms with Crippen LogP contribution < -0.4 is 5.73 Å². The maximum atomic E-state index is 11.7. The molecule has 0 bridgehead atoms. The highest BCUT2D eigenvalue weighted by molar-refractivity contribution is 6.55. The molecule has 0 amide bonds. The summed E-state index contributed by atoms with van der Waals surface area (Å²) in [5.74, 6) is 0.829. The number of hydrogen-bond donors (Lipinski definition) is 1. The SMILES string of the molecule is NCCCCOC1=CC=C(OCC=C(Cl)Cl)C(=O)C1. The first-order chi connectivity index (χ1) is 9.13. The number of ether oxygens (including phenoxy) is 2. The van der Waals surface area contributed by atoms with Crippen molar-refractivity contribution >= 4 is 29.0 Å². The molecule has 0 saturated carbocycles. The van der Waals surface area contributed by atoms with E-state index in [-0.39, 0.29) is 23.3 Å². The van der Waals surface area contributed by atoms with Gasteiger partial charge in [0.15, 0.2) is 5.76 Å². The van der Waals surface area contributed by atoms with Gasteiger partial charge >= 0.3 is 0 Å². The van der Waals surface area contributed by atoms with Gasteiger partial charge in [-0.15, -0.1) is 0 Å². The molecule has 0 fully saturated rings. The minimum Gasteiger partial charge on any atom is -0.497 e. The lowest BCUT2D eigenvalue weighted by molar-refractivity contribution is -0.118. The van der Waals surface area contributed by atoms with Crippen LogP contribution in [0, 0.1) is 0 Å². The molecule has 1 aliphatic rings. The second-order valence-electron chi connectivity index (χ2n) is 3.91. The Balaban J connectivity index is 2.40. The lowest BCUT2D eigenvalue weighted by Gasteiger charge is -2.15. The van der Waals surface area contributed by atoms with Gasteiger partial charge in [-0.05, 0) is 37.6 Å². The van der Waals surface area contributed by atoms with Gasteiger partial charge in [0.1, 0.15) is 16.9 Å². The number of nitrogens with two attached hydrogens (primary N) is 1. The van der Waals surface area contributed by atoms with E-state index in [1.165, 1.54) is 6.08 Å². The number of carbonyl (C=O) groups excluding carboxylic acids is 1. The number of halogens is 2. The highest BCUT2D eigenvalue weighted by Gasteiger charge is 2.17. The minimum atomic E-state index is -0.115. The number of Topliss-reactive ketones (excluding diaryl/α,β-unsaturated/α-hetero) is 1. The number of allylic oxidation sites excluding steroid dienone is 4. The van der Waals surface area contributed by atoms with Crippen LogP contribution in [0.5, 0.6) is 0 Å². The Hall–Kier alpha value is -0.970. The predicted octanol–water partition coefficient (Wildman–Crippen LogP) is 2.82. The summed E-state index contributed by atoms with van der Waals surface area (Å²) in [6, 6.07) is 0. The van der Waals surface area contributed by atoms with E-state index in [0.29, 0.717) is 24.7 Å². The average Bonchev–Trinajstić information content (AvgIpc) is 2.37. The highest BCUT2D eigenvalue weighted by atomic mass is 35.5. The van der Waals surface area contributed by atoms with Crippen molar-refractivity contribution in [3.8, 4) is 0 Å². The Morgan fingerprint density at radius 2 is 2.11 bits per heavy atom. The van der Waals surface area contributed by atoms with Gasteiger partial charge in [0, 0.05) is 0 Å². The van der Waals surface area contributed by atoms with E-state index in [9.17, 15) is 4.79 Å². The molecular formula is C13H17Cl2NO3. The minimum absolute atomic E-state index is 0.114. The van der Waals surface area contributed by atoms with E-state index < -0.39 is 0 Å². The molecule has 0 spiro atoms. The van der Waals surface area contributed by atoms with Crippen molar-refractivity contribution in [2.75, 3.05) is 19.8 Å². The Morgan fingerprint density at radius 1 is 1.32 bits per heavy atom. The van der Waals surface area contributed by atoms with Gasteiger partial charge in [0.05, 0.1) is 13.0 Å². The largest absolute Gasteiger partial charge is 0.497 e. The summed E-state index contributed by atoms with van der Waals surface area (Å²) < 4.78 is 10.8. The first-order valence-electron chi connectivity index (χ1n) is 6.04. The van der Waals surface area contributed by atoms with Gasteiger partial charge in [-0.1, -0.05) is 23.2 Å². The van der Waals surface area contributed by atoms with Crippen molar-refractivity contribution in [3.63, 3.8) is 0 Å². The smallest absolute Gasteiger partial charge is 0.204 e. The molecule has 2 N–H and O–H groups in total. The number of hydrogen-bond acceptors (Lipinski definition) is 4. The molecule has 0 radical (unpaired) electrons. The number of unbranched alkanes of at least 4 members (excludes halogenated alkanes) is 1. The topological polar surface area (TPSA) is 61.6 Å². The van der Waals surface area contributed by atoms with E-state index in [4.69, 9.17) is 38.4 Å². The molecule has 6 heteroatoms. The monoisotopic (exact) mass is 305 g/mol. The van der Waals surface area contributed by atoms with Crippen LogP contribution in [0.1, 0.15) is 19.3 Å². The van der Waals surface area contributed by atoms with Gasteiger partial charge in [-0.3, -0.25) is 4.79 Å². The van der Waals surface area contributed by atoms with E-state index in [1.807, 2.05) is 0 Å².